The maximum atomic E-state index is 14.2. The number of halogens is 1. The van der Waals surface area contributed by atoms with Gasteiger partial charge in [-0.2, -0.15) is 0 Å². The molecule has 0 heterocycles. The van der Waals surface area contributed by atoms with Crippen molar-refractivity contribution < 1.29 is 18.0 Å². The van der Waals surface area contributed by atoms with Crippen LogP contribution in [0.2, 0.25) is 5.02 Å². The number of rotatable bonds is 12. The van der Waals surface area contributed by atoms with Gasteiger partial charge in [0.2, 0.25) is 11.8 Å². The fraction of sp³-hybridized carbons (Fsp3) is 0.394. The van der Waals surface area contributed by atoms with Crippen LogP contribution in [0.4, 0.5) is 5.69 Å². The molecule has 3 aromatic rings. The molecule has 0 radical (unpaired) electrons. The van der Waals surface area contributed by atoms with Gasteiger partial charge in [0.25, 0.3) is 10.0 Å². The van der Waals surface area contributed by atoms with E-state index in [2.05, 4.69) is 5.32 Å². The minimum atomic E-state index is -4.14. The molecule has 42 heavy (non-hydrogen) atoms. The third-order valence-corrected chi connectivity index (χ3v) is 10.1. The highest BCUT2D eigenvalue weighted by Gasteiger charge is 2.34. The molecule has 1 saturated carbocycles. The Bertz CT molecular complexity index is 1440. The number of carbonyl (C=O) groups is 2. The maximum Gasteiger partial charge on any atom is 0.264 e. The zero-order valence-electron chi connectivity index (χ0n) is 24.3. The zero-order valence-corrected chi connectivity index (χ0v) is 25.9. The molecule has 4 rings (SSSR count). The minimum absolute atomic E-state index is 0.0649. The Kier molecular flexibility index (Phi) is 11.0. The average molecular weight is 610 g/mol. The molecule has 0 unspecified atom stereocenters. The fourth-order valence-electron chi connectivity index (χ4n) is 5.54. The standard InChI is InChI=1S/C33H40ClN3O4S/c1-3-30(33(39)35-27-16-9-5-10-17-27)36(23-22-26-14-7-4-8-15-26)32(38)24-37(31-21-13-20-29(34)25(31)2)42(40,41)28-18-11-6-12-19-28/h4,6-8,11-15,18-21,27,30H,3,5,9-10,16-17,22-24H2,1-2H3,(H,35,39)/t30-/m1/s1. The van der Waals surface area contributed by atoms with Crippen molar-refractivity contribution in [2.75, 3.05) is 17.4 Å². The van der Waals surface area contributed by atoms with Crippen LogP contribution in [0.25, 0.3) is 0 Å². The number of hydrogen-bond donors (Lipinski definition) is 1. The maximum absolute atomic E-state index is 14.2. The second kappa shape index (κ2) is 14.7. The molecule has 7 nitrogen and oxygen atoms in total. The quantitative estimate of drug-likeness (QED) is 0.267. The summed E-state index contributed by atoms with van der Waals surface area (Å²) in [6.07, 6.45) is 6.10. The van der Waals surface area contributed by atoms with Crippen LogP contribution < -0.4 is 9.62 Å². The smallest absolute Gasteiger partial charge is 0.264 e. The highest BCUT2D eigenvalue weighted by atomic mass is 35.5. The van der Waals surface area contributed by atoms with E-state index in [4.69, 9.17) is 11.6 Å². The first-order chi connectivity index (χ1) is 20.2. The largest absolute Gasteiger partial charge is 0.352 e. The van der Waals surface area contributed by atoms with Gasteiger partial charge < -0.3 is 10.2 Å². The number of hydrogen-bond acceptors (Lipinski definition) is 4. The van der Waals surface area contributed by atoms with Crippen molar-refractivity contribution in [3.8, 4) is 0 Å². The molecule has 1 aliphatic carbocycles. The molecular formula is C33H40ClN3O4S. The normalized spacial score (nSPS) is 14.6. The van der Waals surface area contributed by atoms with Gasteiger partial charge in [0.15, 0.2) is 0 Å². The third kappa shape index (κ3) is 7.72. The topological polar surface area (TPSA) is 86.8 Å². The van der Waals surface area contributed by atoms with Crippen LogP contribution in [0.5, 0.6) is 0 Å². The second-order valence-corrected chi connectivity index (χ2v) is 13.1. The van der Waals surface area contributed by atoms with Crippen molar-refractivity contribution in [1.29, 1.82) is 0 Å². The number of carbonyl (C=O) groups excluding carboxylic acids is 2. The summed E-state index contributed by atoms with van der Waals surface area (Å²) in [6.45, 7) is 3.41. The van der Waals surface area contributed by atoms with Crippen molar-refractivity contribution in [2.45, 2.75) is 75.8 Å². The van der Waals surface area contributed by atoms with Crippen molar-refractivity contribution >= 4 is 39.1 Å². The highest BCUT2D eigenvalue weighted by molar-refractivity contribution is 7.92. The van der Waals surface area contributed by atoms with Gasteiger partial charge in [-0.3, -0.25) is 13.9 Å². The number of nitrogens with one attached hydrogen (secondary N) is 1. The summed E-state index contributed by atoms with van der Waals surface area (Å²) >= 11 is 6.41. The molecule has 2 amide bonds. The van der Waals surface area contributed by atoms with Gasteiger partial charge in [0, 0.05) is 17.6 Å². The molecule has 0 aromatic heterocycles. The summed E-state index contributed by atoms with van der Waals surface area (Å²) in [5.74, 6) is -0.641. The molecule has 1 atom stereocenters. The lowest BCUT2D eigenvalue weighted by Crippen LogP contribution is -2.54. The van der Waals surface area contributed by atoms with Crippen LogP contribution in [-0.4, -0.2) is 50.3 Å². The molecule has 0 bridgehead atoms. The number of sulfonamides is 1. The molecule has 9 heteroatoms. The molecule has 0 aliphatic heterocycles. The van der Waals surface area contributed by atoms with E-state index in [1.54, 1.807) is 48.2 Å². The predicted molar refractivity (Wildman–Crippen MR) is 168 cm³/mol. The predicted octanol–water partition coefficient (Wildman–Crippen LogP) is 6.14. The lowest BCUT2D eigenvalue weighted by Gasteiger charge is -2.34. The van der Waals surface area contributed by atoms with Gasteiger partial charge in [-0.15, -0.1) is 0 Å². The van der Waals surface area contributed by atoms with Crippen LogP contribution in [0.15, 0.2) is 83.8 Å². The van der Waals surface area contributed by atoms with E-state index in [0.29, 0.717) is 29.1 Å². The van der Waals surface area contributed by atoms with E-state index in [1.165, 1.54) is 18.6 Å². The molecular weight excluding hydrogens is 570 g/mol. The fourth-order valence-corrected chi connectivity index (χ4v) is 7.20. The van der Waals surface area contributed by atoms with Crippen molar-refractivity contribution in [3.05, 3.63) is 95.0 Å². The van der Waals surface area contributed by atoms with Crippen LogP contribution in [0, 0.1) is 6.92 Å². The minimum Gasteiger partial charge on any atom is -0.352 e. The van der Waals surface area contributed by atoms with Gasteiger partial charge in [0.05, 0.1) is 10.6 Å². The molecule has 0 spiro atoms. The molecule has 1 N–H and O–H groups in total. The van der Waals surface area contributed by atoms with E-state index in [9.17, 15) is 18.0 Å². The van der Waals surface area contributed by atoms with E-state index in [0.717, 1.165) is 35.6 Å². The van der Waals surface area contributed by atoms with Crippen molar-refractivity contribution in [1.82, 2.24) is 10.2 Å². The Morgan fingerprint density at radius 2 is 1.57 bits per heavy atom. The average Bonchev–Trinajstić information content (AvgIpc) is 3.00. The van der Waals surface area contributed by atoms with Crippen LogP contribution in [-0.2, 0) is 26.0 Å². The first-order valence-electron chi connectivity index (χ1n) is 14.7. The first kappa shape index (κ1) is 31.6. The lowest BCUT2D eigenvalue weighted by molar-refractivity contribution is -0.140. The Morgan fingerprint density at radius 3 is 2.21 bits per heavy atom. The SMILES string of the molecule is CC[C@H](C(=O)NC1CCCCC1)N(CCc1ccccc1)C(=O)CN(c1cccc(Cl)c1C)S(=O)(=O)c1ccccc1. The zero-order chi connectivity index (χ0) is 30.1. The number of anilines is 1. The Morgan fingerprint density at radius 1 is 0.929 bits per heavy atom. The van der Waals surface area contributed by atoms with E-state index in [-0.39, 0.29) is 23.4 Å². The molecule has 1 fully saturated rings. The van der Waals surface area contributed by atoms with Gasteiger partial charge in [-0.1, -0.05) is 92.4 Å². The number of amides is 2. The number of benzene rings is 3. The third-order valence-electron chi connectivity index (χ3n) is 7.94. The summed E-state index contributed by atoms with van der Waals surface area (Å²) in [5.41, 5.74) is 1.89. The number of nitrogens with zero attached hydrogens (tertiary/aromatic N) is 2. The van der Waals surface area contributed by atoms with Crippen LogP contribution >= 0.6 is 11.6 Å². The van der Waals surface area contributed by atoms with Crippen molar-refractivity contribution in [2.24, 2.45) is 0 Å². The summed E-state index contributed by atoms with van der Waals surface area (Å²) in [4.78, 5) is 29.5. The summed E-state index contributed by atoms with van der Waals surface area (Å²) in [7, 11) is -4.14. The first-order valence-corrected chi connectivity index (χ1v) is 16.5. The van der Waals surface area contributed by atoms with Gasteiger partial charge >= 0.3 is 0 Å². The van der Waals surface area contributed by atoms with E-state index >= 15 is 0 Å². The van der Waals surface area contributed by atoms with Gasteiger partial charge in [-0.05, 0) is 68.0 Å². The molecule has 0 saturated heterocycles. The Labute approximate surface area is 254 Å². The molecule has 224 valence electrons. The van der Waals surface area contributed by atoms with Gasteiger partial charge in [-0.25, -0.2) is 8.42 Å². The van der Waals surface area contributed by atoms with Crippen LogP contribution in [0.1, 0.15) is 56.6 Å². The summed E-state index contributed by atoms with van der Waals surface area (Å²) in [6, 6.07) is 22.2. The van der Waals surface area contributed by atoms with E-state index in [1.807, 2.05) is 37.3 Å². The van der Waals surface area contributed by atoms with Gasteiger partial charge in [0.1, 0.15) is 12.6 Å². The monoisotopic (exact) mass is 609 g/mol. The van der Waals surface area contributed by atoms with Crippen LogP contribution in [0.3, 0.4) is 0 Å². The van der Waals surface area contributed by atoms with E-state index < -0.39 is 28.5 Å². The Balaban J connectivity index is 1.69. The summed E-state index contributed by atoms with van der Waals surface area (Å²) in [5, 5.41) is 3.57. The second-order valence-electron chi connectivity index (χ2n) is 10.8. The summed E-state index contributed by atoms with van der Waals surface area (Å²) < 4.78 is 29.1. The molecule has 3 aromatic carbocycles. The Hall–Kier alpha value is -3.36. The van der Waals surface area contributed by atoms with Crippen molar-refractivity contribution in [3.63, 3.8) is 0 Å². The molecule has 1 aliphatic rings. The highest BCUT2D eigenvalue weighted by Crippen LogP contribution is 2.31. The lowest BCUT2D eigenvalue weighted by atomic mass is 9.95.